The number of carbonyl (C=O) groups excluding carboxylic acids is 2. The highest BCUT2D eigenvalue weighted by Gasteiger charge is 2.17. The third-order valence-corrected chi connectivity index (χ3v) is 6.74. The normalized spacial score (nSPS) is 10.7. The van der Waals surface area contributed by atoms with E-state index in [1.807, 2.05) is 38.2 Å². The van der Waals surface area contributed by atoms with Gasteiger partial charge in [-0.25, -0.2) is 0 Å². The molecule has 0 saturated heterocycles. The maximum atomic E-state index is 12.7. The first-order valence-corrected chi connectivity index (χ1v) is 12.4. The molecular weight excluding hydrogens is 498 g/mol. The number of benzene rings is 3. The summed E-state index contributed by atoms with van der Waals surface area (Å²) in [5, 5.41) is 15.4. The number of nitrogens with zero attached hydrogens (tertiary/aromatic N) is 3. The van der Waals surface area contributed by atoms with E-state index in [2.05, 4.69) is 20.8 Å². The lowest BCUT2D eigenvalue weighted by Gasteiger charge is -2.15. The molecule has 0 spiro atoms. The molecule has 0 radical (unpaired) electrons. The summed E-state index contributed by atoms with van der Waals surface area (Å²) in [4.78, 5) is 25.3. The van der Waals surface area contributed by atoms with Crippen LogP contribution < -0.4 is 15.4 Å². The molecule has 8 nitrogen and oxygen atoms in total. The molecule has 0 atom stereocenters. The van der Waals surface area contributed by atoms with Gasteiger partial charge >= 0.3 is 0 Å². The van der Waals surface area contributed by atoms with Crippen LogP contribution in [0.5, 0.6) is 5.75 Å². The van der Waals surface area contributed by atoms with Gasteiger partial charge in [0, 0.05) is 29.9 Å². The van der Waals surface area contributed by atoms with Crippen molar-refractivity contribution in [2.45, 2.75) is 12.1 Å². The van der Waals surface area contributed by atoms with E-state index in [-0.39, 0.29) is 17.6 Å². The van der Waals surface area contributed by atoms with E-state index in [4.69, 9.17) is 16.3 Å². The summed E-state index contributed by atoms with van der Waals surface area (Å²) in [7, 11) is 3.33. The molecular formula is C26H24ClN5O3S. The van der Waals surface area contributed by atoms with Crippen LogP contribution >= 0.6 is 23.4 Å². The molecule has 0 aliphatic heterocycles. The van der Waals surface area contributed by atoms with E-state index in [9.17, 15) is 9.59 Å². The number of rotatable bonds is 8. The van der Waals surface area contributed by atoms with Gasteiger partial charge in [-0.2, -0.15) is 0 Å². The number of methoxy groups -OCH3 is 1. The Morgan fingerprint density at radius 3 is 2.44 bits per heavy atom. The molecule has 1 aromatic heterocycles. The van der Waals surface area contributed by atoms with Crippen LogP contribution in [0.25, 0.3) is 11.4 Å². The maximum absolute atomic E-state index is 12.7. The van der Waals surface area contributed by atoms with E-state index in [1.54, 1.807) is 47.0 Å². The van der Waals surface area contributed by atoms with E-state index >= 15 is 0 Å². The van der Waals surface area contributed by atoms with E-state index < -0.39 is 0 Å². The van der Waals surface area contributed by atoms with Crippen molar-refractivity contribution in [2.75, 3.05) is 23.5 Å². The number of hydrogen-bond donors (Lipinski definition) is 2. The molecule has 2 amide bonds. The van der Waals surface area contributed by atoms with Crippen molar-refractivity contribution in [3.63, 3.8) is 0 Å². The van der Waals surface area contributed by atoms with Crippen LogP contribution in [-0.4, -0.2) is 39.4 Å². The average Bonchev–Trinajstić information content (AvgIpc) is 3.25. The van der Waals surface area contributed by atoms with Gasteiger partial charge in [0.25, 0.3) is 5.91 Å². The van der Waals surface area contributed by atoms with Crippen molar-refractivity contribution in [1.29, 1.82) is 0 Å². The average molecular weight is 522 g/mol. The first kappa shape index (κ1) is 25.3. The molecule has 36 heavy (non-hydrogen) atoms. The standard InChI is InChI=1S/C26H24ClN5O3S/c1-16-13-21(22(35-3)14-20(16)29-25(34)17-9-5-4-6-10-17)28-23(33)15-36-26-31-30-24(32(26)2)18-11-7-8-12-19(18)27/h4-14H,15H2,1-3H3,(H,28,33)(H,29,34). The third-order valence-electron chi connectivity index (χ3n) is 5.39. The largest absolute Gasteiger partial charge is 0.494 e. The number of nitrogens with one attached hydrogen (secondary N) is 2. The molecule has 0 aliphatic rings. The van der Waals surface area contributed by atoms with Crippen LogP contribution in [-0.2, 0) is 11.8 Å². The SMILES string of the molecule is COc1cc(NC(=O)c2ccccc2)c(C)cc1NC(=O)CSc1nnc(-c2ccccc2Cl)n1C. The number of aryl methyl sites for hydroxylation is 1. The van der Waals surface area contributed by atoms with Crippen LogP contribution in [0.1, 0.15) is 15.9 Å². The smallest absolute Gasteiger partial charge is 0.255 e. The van der Waals surface area contributed by atoms with Crippen LogP contribution in [0.4, 0.5) is 11.4 Å². The zero-order valence-corrected chi connectivity index (χ0v) is 21.5. The van der Waals surface area contributed by atoms with Gasteiger partial charge in [-0.1, -0.05) is 53.7 Å². The highest BCUT2D eigenvalue weighted by atomic mass is 35.5. The fourth-order valence-corrected chi connectivity index (χ4v) is 4.44. The summed E-state index contributed by atoms with van der Waals surface area (Å²) in [6, 6.07) is 19.8. The molecule has 0 bridgehead atoms. The topological polar surface area (TPSA) is 98.1 Å². The van der Waals surface area contributed by atoms with Crippen molar-refractivity contribution in [3.8, 4) is 17.1 Å². The Hall–Kier alpha value is -3.82. The second kappa shape index (κ2) is 11.3. The number of carbonyl (C=O) groups is 2. The number of thioether (sulfide) groups is 1. The molecule has 0 saturated carbocycles. The number of halogens is 1. The fourth-order valence-electron chi connectivity index (χ4n) is 3.51. The van der Waals surface area contributed by atoms with Gasteiger partial charge < -0.3 is 19.9 Å². The van der Waals surface area contributed by atoms with E-state index in [1.165, 1.54) is 18.9 Å². The number of hydrogen-bond acceptors (Lipinski definition) is 6. The Morgan fingerprint density at radius 2 is 1.72 bits per heavy atom. The third kappa shape index (κ3) is 5.69. The van der Waals surface area contributed by atoms with E-state index in [0.29, 0.717) is 38.7 Å². The molecule has 184 valence electrons. The van der Waals surface area contributed by atoms with Gasteiger partial charge in [-0.15, -0.1) is 10.2 Å². The maximum Gasteiger partial charge on any atom is 0.255 e. The Balaban J connectivity index is 1.42. The number of aromatic nitrogens is 3. The zero-order chi connectivity index (χ0) is 25.7. The van der Waals surface area contributed by atoms with Crippen molar-refractivity contribution in [3.05, 3.63) is 82.9 Å². The summed E-state index contributed by atoms with van der Waals surface area (Å²) in [5.74, 6) is 0.703. The van der Waals surface area contributed by atoms with Crippen LogP contribution in [0, 0.1) is 6.92 Å². The second-order valence-corrected chi connectivity index (χ2v) is 9.22. The summed E-state index contributed by atoms with van der Waals surface area (Å²) < 4.78 is 7.26. The van der Waals surface area contributed by atoms with Crippen molar-refractivity contribution < 1.29 is 14.3 Å². The monoisotopic (exact) mass is 521 g/mol. The van der Waals surface area contributed by atoms with E-state index in [0.717, 1.165) is 11.1 Å². The molecule has 10 heteroatoms. The molecule has 0 unspecified atom stereocenters. The summed E-state index contributed by atoms with van der Waals surface area (Å²) >= 11 is 7.54. The van der Waals surface area contributed by atoms with Gasteiger partial charge in [0.05, 0.1) is 23.6 Å². The van der Waals surface area contributed by atoms with Crippen molar-refractivity contribution in [1.82, 2.24) is 14.8 Å². The predicted molar refractivity (Wildman–Crippen MR) is 143 cm³/mol. The highest BCUT2D eigenvalue weighted by Crippen LogP contribution is 2.32. The van der Waals surface area contributed by atoms with Gasteiger partial charge in [0.2, 0.25) is 5.91 Å². The molecule has 0 fully saturated rings. The summed E-state index contributed by atoms with van der Waals surface area (Å²) in [5.41, 5.74) is 3.20. The highest BCUT2D eigenvalue weighted by molar-refractivity contribution is 7.99. The summed E-state index contributed by atoms with van der Waals surface area (Å²) in [6.45, 7) is 1.85. The van der Waals surface area contributed by atoms with Gasteiger partial charge in [0.15, 0.2) is 11.0 Å². The molecule has 2 N–H and O–H groups in total. The minimum Gasteiger partial charge on any atom is -0.494 e. The predicted octanol–water partition coefficient (Wildman–Crippen LogP) is 5.44. The molecule has 3 aromatic carbocycles. The molecule has 4 aromatic rings. The van der Waals surface area contributed by atoms with Crippen LogP contribution in [0.15, 0.2) is 71.9 Å². The number of anilines is 2. The number of ether oxygens (including phenoxy) is 1. The quantitative estimate of drug-likeness (QED) is 0.300. The Bertz CT molecular complexity index is 1410. The molecule has 1 heterocycles. The minimum atomic E-state index is -0.235. The lowest BCUT2D eigenvalue weighted by atomic mass is 10.1. The van der Waals surface area contributed by atoms with Gasteiger partial charge in [0.1, 0.15) is 5.75 Å². The van der Waals surface area contributed by atoms with Crippen LogP contribution in [0.2, 0.25) is 5.02 Å². The van der Waals surface area contributed by atoms with Crippen LogP contribution in [0.3, 0.4) is 0 Å². The Labute approximate surface area is 218 Å². The first-order valence-electron chi connectivity index (χ1n) is 11.0. The number of amides is 2. The lowest BCUT2D eigenvalue weighted by molar-refractivity contribution is -0.113. The van der Waals surface area contributed by atoms with Crippen molar-refractivity contribution in [2.24, 2.45) is 7.05 Å². The Morgan fingerprint density at radius 1 is 1.00 bits per heavy atom. The summed E-state index contributed by atoms with van der Waals surface area (Å²) in [6.07, 6.45) is 0. The zero-order valence-electron chi connectivity index (χ0n) is 19.9. The second-order valence-electron chi connectivity index (χ2n) is 7.87. The van der Waals surface area contributed by atoms with Gasteiger partial charge in [-0.3, -0.25) is 9.59 Å². The lowest BCUT2D eigenvalue weighted by Crippen LogP contribution is -2.16. The Kier molecular flexibility index (Phi) is 7.92. The molecule has 4 rings (SSSR count). The van der Waals surface area contributed by atoms with Gasteiger partial charge in [-0.05, 0) is 42.8 Å². The van der Waals surface area contributed by atoms with Crippen molar-refractivity contribution >= 4 is 46.6 Å². The minimum absolute atomic E-state index is 0.114. The fraction of sp³-hybridized carbons (Fsp3) is 0.154. The first-order chi connectivity index (χ1) is 17.4. The molecule has 0 aliphatic carbocycles.